The third kappa shape index (κ3) is 7.63. The zero-order valence-corrected chi connectivity index (χ0v) is 27.0. The lowest BCUT2D eigenvalue weighted by atomic mass is 9.80. The van der Waals surface area contributed by atoms with Crippen molar-refractivity contribution in [3.8, 4) is 44.5 Å². The van der Waals surface area contributed by atoms with Gasteiger partial charge in [-0.2, -0.15) is 0 Å². The van der Waals surface area contributed by atoms with Crippen LogP contribution in [0.1, 0.15) is 52.7 Å². The second kappa shape index (κ2) is 13.3. The molecule has 220 valence electrons. The molecular formula is C44H44. The molecule has 0 aromatic heterocycles. The van der Waals surface area contributed by atoms with Crippen molar-refractivity contribution >= 4 is 0 Å². The lowest BCUT2D eigenvalue weighted by molar-refractivity contribution is 0.590. The molecule has 0 heterocycles. The Morgan fingerprint density at radius 3 is 1.18 bits per heavy atom. The second-order valence-electron chi connectivity index (χ2n) is 13.5. The summed E-state index contributed by atoms with van der Waals surface area (Å²) in [6.45, 7) is 13.6. The summed E-state index contributed by atoms with van der Waals surface area (Å²) in [5, 5.41) is 0. The molecule has 0 unspecified atom stereocenters. The molecular weight excluding hydrogens is 528 g/mol. The van der Waals surface area contributed by atoms with E-state index in [0.29, 0.717) is 0 Å². The van der Waals surface area contributed by atoms with E-state index in [4.69, 9.17) is 0 Å². The fourth-order valence-electron chi connectivity index (χ4n) is 5.52. The lowest BCUT2D eigenvalue weighted by Gasteiger charge is -2.24. The molecule has 0 saturated heterocycles. The molecule has 0 aliphatic carbocycles. The van der Waals surface area contributed by atoms with Crippen molar-refractivity contribution in [1.29, 1.82) is 0 Å². The minimum absolute atomic E-state index is 0.125. The normalized spacial score (nSPS) is 11.4. The van der Waals surface area contributed by atoms with Crippen LogP contribution < -0.4 is 0 Å². The minimum atomic E-state index is 0.125. The SMILES string of the molecule is CC(C)(C)c1ccc(-c2ccccc2)cc1-c1ccccc1.CC(C)(C)c1cccc(-c2ccc(-c3ccccc3)cc2)c1. The van der Waals surface area contributed by atoms with Gasteiger partial charge in [0.1, 0.15) is 0 Å². The van der Waals surface area contributed by atoms with Gasteiger partial charge < -0.3 is 0 Å². The fourth-order valence-corrected chi connectivity index (χ4v) is 5.52. The fraction of sp³-hybridized carbons (Fsp3) is 0.182. The van der Waals surface area contributed by atoms with E-state index in [2.05, 4.69) is 199 Å². The van der Waals surface area contributed by atoms with Gasteiger partial charge in [0.15, 0.2) is 0 Å². The van der Waals surface area contributed by atoms with Crippen molar-refractivity contribution in [2.75, 3.05) is 0 Å². The second-order valence-corrected chi connectivity index (χ2v) is 13.5. The first-order valence-electron chi connectivity index (χ1n) is 15.6. The Bertz CT molecular complexity index is 1760. The summed E-state index contributed by atoms with van der Waals surface area (Å²) in [6.07, 6.45) is 0. The van der Waals surface area contributed by atoms with Crippen molar-refractivity contribution in [2.24, 2.45) is 0 Å². The first kappa shape index (κ1) is 30.8. The van der Waals surface area contributed by atoms with Gasteiger partial charge in [0.2, 0.25) is 0 Å². The molecule has 0 nitrogen and oxygen atoms in total. The molecule has 0 fully saturated rings. The Balaban J connectivity index is 0.000000175. The van der Waals surface area contributed by atoms with E-state index in [0.717, 1.165) is 0 Å². The monoisotopic (exact) mass is 572 g/mol. The molecule has 44 heavy (non-hydrogen) atoms. The van der Waals surface area contributed by atoms with E-state index in [9.17, 15) is 0 Å². The summed E-state index contributed by atoms with van der Waals surface area (Å²) in [6, 6.07) is 56.3. The lowest BCUT2D eigenvalue weighted by Crippen LogP contribution is -2.12. The molecule has 6 rings (SSSR count). The van der Waals surface area contributed by atoms with Gasteiger partial charge in [0, 0.05) is 0 Å². The van der Waals surface area contributed by atoms with Crippen LogP contribution in [-0.4, -0.2) is 0 Å². The summed E-state index contributed by atoms with van der Waals surface area (Å²) in [5.41, 5.74) is 13.3. The van der Waals surface area contributed by atoms with Crippen LogP contribution in [-0.2, 0) is 10.8 Å². The summed E-state index contributed by atoms with van der Waals surface area (Å²) >= 11 is 0. The summed E-state index contributed by atoms with van der Waals surface area (Å²) in [7, 11) is 0. The van der Waals surface area contributed by atoms with Gasteiger partial charge in [-0.15, -0.1) is 0 Å². The summed E-state index contributed by atoms with van der Waals surface area (Å²) in [5.74, 6) is 0. The average molecular weight is 573 g/mol. The molecule has 0 amide bonds. The smallest absolute Gasteiger partial charge is 0.0126 e. The Labute approximate surface area is 265 Å². The maximum absolute atomic E-state index is 2.32. The van der Waals surface area contributed by atoms with Crippen molar-refractivity contribution in [1.82, 2.24) is 0 Å². The highest BCUT2D eigenvalue weighted by molar-refractivity contribution is 5.76. The Morgan fingerprint density at radius 1 is 0.295 bits per heavy atom. The van der Waals surface area contributed by atoms with E-state index in [1.54, 1.807) is 0 Å². The quantitative estimate of drug-likeness (QED) is 0.197. The standard InChI is InChI=1S/2C22H22/c1-22(2,3)21-15-14-19(17-10-6-4-7-11-17)16-20(21)18-12-8-5-9-13-18;1-22(2,3)21-11-7-10-20(16-21)19-14-12-18(13-15-19)17-8-5-4-6-9-17/h2*4-16H,1-3H3. The van der Waals surface area contributed by atoms with E-state index in [1.807, 2.05) is 0 Å². The molecule has 0 N–H and O–H groups in total. The van der Waals surface area contributed by atoms with Gasteiger partial charge in [-0.1, -0.05) is 193 Å². The Hall–Kier alpha value is -4.68. The van der Waals surface area contributed by atoms with Gasteiger partial charge in [-0.05, 0) is 72.5 Å². The van der Waals surface area contributed by atoms with E-state index < -0.39 is 0 Å². The summed E-state index contributed by atoms with van der Waals surface area (Å²) < 4.78 is 0. The third-order valence-electron chi connectivity index (χ3n) is 8.07. The van der Waals surface area contributed by atoms with Crippen LogP contribution in [0, 0.1) is 0 Å². The molecule has 0 atom stereocenters. The molecule has 0 bridgehead atoms. The largest absolute Gasteiger partial charge is 0.0622 e. The molecule has 6 aromatic carbocycles. The van der Waals surface area contributed by atoms with Gasteiger partial charge in [0.05, 0.1) is 0 Å². The first-order valence-corrected chi connectivity index (χ1v) is 15.6. The number of benzene rings is 6. The number of rotatable bonds is 4. The van der Waals surface area contributed by atoms with Crippen molar-refractivity contribution in [3.05, 3.63) is 169 Å². The number of hydrogen-bond donors (Lipinski definition) is 0. The first-order chi connectivity index (χ1) is 21.1. The Kier molecular flexibility index (Phi) is 9.31. The molecule has 0 aliphatic rings. The highest BCUT2D eigenvalue weighted by Gasteiger charge is 2.19. The molecule has 0 spiro atoms. The Morgan fingerprint density at radius 2 is 0.682 bits per heavy atom. The van der Waals surface area contributed by atoms with E-state index in [1.165, 1.54) is 55.6 Å². The zero-order valence-electron chi connectivity index (χ0n) is 27.0. The van der Waals surface area contributed by atoms with Gasteiger partial charge in [-0.3, -0.25) is 0 Å². The van der Waals surface area contributed by atoms with Crippen LogP contribution in [0.15, 0.2) is 158 Å². The molecule has 6 aromatic rings. The van der Waals surface area contributed by atoms with Gasteiger partial charge >= 0.3 is 0 Å². The molecule has 0 radical (unpaired) electrons. The summed E-state index contributed by atoms with van der Waals surface area (Å²) in [4.78, 5) is 0. The van der Waals surface area contributed by atoms with Crippen LogP contribution in [0.5, 0.6) is 0 Å². The number of hydrogen-bond acceptors (Lipinski definition) is 0. The van der Waals surface area contributed by atoms with Crippen molar-refractivity contribution < 1.29 is 0 Å². The minimum Gasteiger partial charge on any atom is -0.0622 e. The van der Waals surface area contributed by atoms with Gasteiger partial charge in [0.25, 0.3) is 0 Å². The maximum Gasteiger partial charge on any atom is -0.0126 e. The van der Waals surface area contributed by atoms with Crippen LogP contribution in [0.4, 0.5) is 0 Å². The highest BCUT2D eigenvalue weighted by Crippen LogP contribution is 2.36. The van der Waals surface area contributed by atoms with Crippen LogP contribution >= 0.6 is 0 Å². The maximum atomic E-state index is 2.32. The zero-order chi connectivity index (χ0) is 31.2. The van der Waals surface area contributed by atoms with Crippen LogP contribution in [0.3, 0.4) is 0 Å². The predicted octanol–water partition coefficient (Wildman–Crippen LogP) is 12.6. The van der Waals surface area contributed by atoms with Crippen molar-refractivity contribution in [3.63, 3.8) is 0 Å². The molecule has 0 aliphatic heterocycles. The van der Waals surface area contributed by atoms with Gasteiger partial charge in [-0.25, -0.2) is 0 Å². The third-order valence-corrected chi connectivity index (χ3v) is 8.07. The highest BCUT2D eigenvalue weighted by atomic mass is 14.2. The van der Waals surface area contributed by atoms with Crippen LogP contribution in [0.25, 0.3) is 44.5 Å². The van der Waals surface area contributed by atoms with E-state index in [-0.39, 0.29) is 10.8 Å². The van der Waals surface area contributed by atoms with Crippen LogP contribution in [0.2, 0.25) is 0 Å². The topological polar surface area (TPSA) is 0 Å². The predicted molar refractivity (Wildman–Crippen MR) is 192 cm³/mol. The van der Waals surface area contributed by atoms with Crippen molar-refractivity contribution in [2.45, 2.75) is 52.4 Å². The molecule has 0 saturated carbocycles. The van der Waals surface area contributed by atoms with E-state index >= 15 is 0 Å². The average Bonchev–Trinajstić information content (AvgIpc) is 3.05. The molecule has 0 heteroatoms.